The summed E-state index contributed by atoms with van der Waals surface area (Å²) in [5.41, 5.74) is 6.06. The van der Waals surface area contributed by atoms with E-state index in [0.717, 1.165) is 12.1 Å². The Balaban J connectivity index is 2.34. The van der Waals surface area contributed by atoms with Crippen LogP contribution in [-0.2, 0) is 7.05 Å². The fraction of sp³-hybridized carbons (Fsp3) is 0.0625. The first-order valence-corrected chi connectivity index (χ1v) is 7.45. The van der Waals surface area contributed by atoms with E-state index in [0.29, 0.717) is 5.39 Å². The molecule has 0 radical (unpaired) electrons. The monoisotopic (exact) mass is 362 g/mol. The molecule has 0 aliphatic carbocycles. The van der Waals surface area contributed by atoms with Gasteiger partial charge in [-0.25, -0.2) is 4.39 Å². The lowest BCUT2D eigenvalue weighted by Crippen LogP contribution is -2.09. The van der Waals surface area contributed by atoms with Crippen LogP contribution in [0.3, 0.4) is 0 Å². The normalized spacial score (nSPS) is 10.8. The molecule has 8 heteroatoms. The molecule has 120 valence electrons. The van der Waals surface area contributed by atoms with E-state index in [9.17, 15) is 14.4 Å². The Hall–Kier alpha value is -2.62. The number of fused-ring (bicyclic) bond motifs is 1. The van der Waals surface area contributed by atoms with Crippen molar-refractivity contribution in [2.75, 3.05) is 5.73 Å². The van der Waals surface area contributed by atoms with Crippen molar-refractivity contribution in [1.29, 1.82) is 5.26 Å². The first-order valence-electron chi connectivity index (χ1n) is 6.69. The maximum Gasteiger partial charge on any atom is 0.198 e. The zero-order valence-electron chi connectivity index (χ0n) is 12.3. The van der Waals surface area contributed by atoms with Crippen LogP contribution in [0.15, 0.2) is 24.3 Å². The number of nitrogens with two attached hydrogens (primary N) is 1. The van der Waals surface area contributed by atoms with Gasteiger partial charge in [0, 0.05) is 23.7 Å². The van der Waals surface area contributed by atoms with E-state index < -0.39 is 11.6 Å². The summed E-state index contributed by atoms with van der Waals surface area (Å²) in [6, 6.07) is 6.80. The number of carbonyl (C=O) groups excluding carboxylic acids is 1. The second-order valence-electron chi connectivity index (χ2n) is 5.09. The highest BCUT2D eigenvalue weighted by Crippen LogP contribution is 2.33. The second kappa shape index (κ2) is 5.78. The van der Waals surface area contributed by atoms with Crippen LogP contribution in [0.4, 0.5) is 10.1 Å². The summed E-state index contributed by atoms with van der Waals surface area (Å²) in [6.07, 6.45) is 0. The van der Waals surface area contributed by atoms with Crippen molar-refractivity contribution in [3.8, 4) is 6.07 Å². The van der Waals surface area contributed by atoms with E-state index in [2.05, 4.69) is 5.10 Å². The van der Waals surface area contributed by atoms with Crippen LogP contribution in [0.25, 0.3) is 10.9 Å². The quantitative estimate of drug-likeness (QED) is 0.556. The molecule has 5 nitrogen and oxygen atoms in total. The van der Waals surface area contributed by atoms with Crippen LogP contribution in [-0.4, -0.2) is 15.6 Å². The molecule has 0 atom stereocenters. The Morgan fingerprint density at radius 2 is 2.08 bits per heavy atom. The zero-order chi connectivity index (χ0) is 17.6. The number of aryl methyl sites for hydroxylation is 1. The molecule has 2 N–H and O–H groups in total. The molecule has 0 fully saturated rings. The molecule has 1 aromatic heterocycles. The molecule has 0 saturated carbocycles. The van der Waals surface area contributed by atoms with Gasteiger partial charge in [-0.3, -0.25) is 9.48 Å². The molecule has 0 unspecified atom stereocenters. The van der Waals surface area contributed by atoms with Crippen molar-refractivity contribution in [2.24, 2.45) is 7.05 Å². The van der Waals surface area contributed by atoms with Gasteiger partial charge in [-0.1, -0.05) is 23.2 Å². The molecule has 0 saturated heterocycles. The predicted octanol–water partition coefficient (Wildman–Crippen LogP) is 3.70. The largest absolute Gasteiger partial charge is 0.398 e. The number of nitrogen functional groups attached to an aromatic ring is 1. The van der Waals surface area contributed by atoms with Crippen LogP contribution < -0.4 is 5.73 Å². The van der Waals surface area contributed by atoms with Gasteiger partial charge in [-0.15, -0.1) is 0 Å². The van der Waals surface area contributed by atoms with Crippen molar-refractivity contribution in [2.45, 2.75) is 0 Å². The number of halogens is 3. The minimum atomic E-state index is -0.655. The maximum atomic E-state index is 13.5. The lowest BCUT2D eigenvalue weighted by Gasteiger charge is -2.09. The first kappa shape index (κ1) is 16.2. The van der Waals surface area contributed by atoms with Crippen LogP contribution in [0, 0.1) is 17.1 Å². The molecule has 0 amide bonds. The Labute approximate surface area is 146 Å². The van der Waals surface area contributed by atoms with Gasteiger partial charge in [0.2, 0.25) is 0 Å². The number of carbonyl (C=O) groups is 1. The summed E-state index contributed by atoms with van der Waals surface area (Å²) in [5.74, 6) is -1.28. The van der Waals surface area contributed by atoms with Gasteiger partial charge in [0.1, 0.15) is 22.6 Å². The number of hydrogen-bond acceptors (Lipinski definition) is 4. The highest BCUT2D eigenvalue weighted by atomic mass is 35.5. The molecular weight excluding hydrogens is 354 g/mol. The van der Waals surface area contributed by atoms with E-state index in [1.54, 1.807) is 7.05 Å². The summed E-state index contributed by atoms with van der Waals surface area (Å²) >= 11 is 12.1. The highest BCUT2D eigenvalue weighted by Gasteiger charge is 2.24. The fourth-order valence-electron chi connectivity index (χ4n) is 2.48. The van der Waals surface area contributed by atoms with Crippen LogP contribution in [0.1, 0.15) is 21.5 Å². The predicted molar refractivity (Wildman–Crippen MR) is 89.7 cm³/mol. The number of anilines is 1. The van der Waals surface area contributed by atoms with E-state index in [1.165, 1.54) is 16.8 Å². The molecule has 0 spiro atoms. The Morgan fingerprint density at radius 3 is 2.75 bits per heavy atom. The van der Waals surface area contributed by atoms with Gasteiger partial charge in [0.15, 0.2) is 5.78 Å². The van der Waals surface area contributed by atoms with Crippen molar-refractivity contribution >= 4 is 45.6 Å². The molecule has 1 heterocycles. The summed E-state index contributed by atoms with van der Waals surface area (Å²) in [7, 11) is 1.60. The third-order valence-electron chi connectivity index (χ3n) is 3.60. The zero-order valence-corrected chi connectivity index (χ0v) is 13.8. The van der Waals surface area contributed by atoms with Crippen LogP contribution in [0.5, 0.6) is 0 Å². The second-order valence-corrected chi connectivity index (χ2v) is 5.86. The fourth-order valence-corrected chi connectivity index (χ4v) is 2.87. The maximum absolute atomic E-state index is 13.5. The van der Waals surface area contributed by atoms with Crippen LogP contribution in [0.2, 0.25) is 10.2 Å². The van der Waals surface area contributed by atoms with Crippen molar-refractivity contribution < 1.29 is 9.18 Å². The molecule has 3 rings (SSSR count). The summed E-state index contributed by atoms with van der Waals surface area (Å²) < 4.78 is 14.8. The molecule has 24 heavy (non-hydrogen) atoms. The molecule has 0 bridgehead atoms. The SMILES string of the molecule is Cn1nc2c(C#N)c(C(=O)c3cc(F)ccc3Cl)c(N)cc2c1Cl. The number of aromatic nitrogens is 2. The van der Waals surface area contributed by atoms with Gasteiger partial charge in [-0.2, -0.15) is 10.4 Å². The molecular formula is C16H9Cl2FN4O. The van der Waals surface area contributed by atoms with Gasteiger partial charge in [-0.05, 0) is 24.3 Å². The standard InChI is InChI=1S/C16H9Cl2FN4O/c1-23-16(18)9-5-12(21)13(10(6-20)14(9)22-23)15(24)8-4-7(19)2-3-11(8)17/h2-5H,21H2,1H3. The highest BCUT2D eigenvalue weighted by molar-refractivity contribution is 6.36. The van der Waals surface area contributed by atoms with Crippen molar-refractivity contribution in [3.05, 3.63) is 56.9 Å². The third-order valence-corrected chi connectivity index (χ3v) is 4.38. The van der Waals surface area contributed by atoms with Gasteiger partial charge in [0.25, 0.3) is 0 Å². The third kappa shape index (κ3) is 2.39. The summed E-state index contributed by atoms with van der Waals surface area (Å²) in [4.78, 5) is 12.8. The minimum Gasteiger partial charge on any atom is -0.398 e. The van der Waals surface area contributed by atoms with Crippen LogP contribution >= 0.6 is 23.2 Å². The first-order chi connectivity index (χ1) is 11.3. The molecule has 2 aromatic carbocycles. The number of nitriles is 1. The Morgan fingerprint density at radius 1 is 1.38 bits per heavy atom. The number of nitrogens with zero attached hydrogens (tertiary/aromatic N) is 3. The number of ketones is 1. The van der Waals surface area contributed by atoms with Crippen molar-refractivity contribution in [3.63, 3.8) is 0 Å². The van der Waals surface area contributed by atoms with Crippen molar-refractivity contribution in [1.82, 2.24) is 9.78 Å². The molecule has 0 aliphatic heterocycles. The topological polar surface area (TPSA) is 84.7 Å². The number of rotatable bonds is 2. The van der Waals surface area contributed by atoms with E-state index in [1.807, 2.05) is 6.07 Å². The van der Waals surface area contributed by atoms with E-state index in [-0.39, 0.29) is 38.1 Å². The molecule has 0 aliphatic rings. The van der Waals surface area contributed by atoms with E-state index >= 15 is 0 Å². The average Bonchev–Trinajstić information content (AvgIpc) is 2.83. The lowest BCUT2D eigenvalue weighted by molar-refractivity contribution is 0.103. The Kier molecular flexibility index (Phi) is 3.91. The minimum absolute atomic E-state index is 0.0298. The molecule has 3 aromatic rings. The van der Waals surface area contributed by atoms with Gasteiger partial charge in [0.05, 0.1) is 16.1 Å². The van der Waals surface area contributed by atoms with Gasteiger partial charge >= 0.3 is 0 Å². The average molecular weight is 363 g/mol. The summed E-state index contributed by atoms with van der Waals surface area (Å²) in [6.45, 7) is 0. The smallest absolute Gasteiger partial charge is 0.198 e. The number of hydrogen-bond donors (Lipinski definition) is 1. The van der Waals surface area contributed by atoms with E-state index in [4.69, 9.17) is 28.9 Å². The summed E-state index contributed by atoms with van der Waals surface area (Å²) in [5, 5.41) is 14.5. The number of benzene rings is 2. The Bertz CT molecular complexity index is 1050. The van der Waals surface area contributed by atoms with Gasteiger partial charge < -0.3 is 5.73 Å². The lowest BCUT2D eigenvalue weighted by atomic mass is 9.95.